The summed E-state index contributed by atoms with van der Waals surface area (Å²) in [5.74, 6) is -0.0910. The van der Waals surface area contributed by atoms with E-state index in [4.69, 9.17) is 12.2 Å². The first kappa shape index (κ1) is 18.9. The molecule has 1 aliphatic rings. The second-order valence-corrected chi connectivity index (χ2v) is 7.75. The number of carbonyl (C=O) groups excluding carboxylic acids is 1. The Morgan fingerprint density at radius 3 is 2.46 bits per heavy atom. The van der Waals surface area contributed by atoms with E-state index < -0.39 is 0 Å². The number of hydrogen-bond donors (Lipinski definition) is 2. The topological polar surface area (TPSA) is 53.1 Å². The number of para-hydroxylation sites is 1. The second kappa shape index (κ2) is 8.18. The molecule has 5 nitrogen and oxygen atoms in total. The number of rotatable bonds is 5. The number of amides is 1. The van der Waals surface area contributed by atoms with Gasteiger partial charge in [-0.3, -0.25) is 9.36 Å². The van der Waals surface area contributed by atoms with Crippen LogP contribution in [0.5, 0.6) is 0 Å². The third-order valence-electron chi connectivity index (χ3n) is 5.58. The van der Waals surface area contributed by atoms with Gasteiger partial charge in [-0.15, -0.1) is 0 Å². The first-order chi connectivity index (χ1) is 12.5. The molecule has 26 heavy (non-hydrogen) atoms. The summed E-state index contributed by atoms with van der Waals surface area (Å²) in [5, 5.41) is 3.17. The van der Waals surface area contributed by atoms with Gasteiger partial charge in [-0.05, 0) is 51.3 Å². The van der Waals surface area contributed by atoms with Crippen molar-refractivity contribution in [1.82, 2.24) is 19.8 Å². The van der Waals surface area contributed by atoms with Gasteiger partial charge >= 0.3 is 0 Å². The van der Waals surface area contributed by atoms with Crippen LogP contribution in [0.25, 0.3) is 5.69 Å². The van der Waals surface area contributed by atoms with Gasteiger partial charge in [0, 0.05) is 24.0 Å². The molecule has 1 aliphatic carbocycles. The zero-order valence-corrected chi connectivity index (χ0v) is 16.4. The lowest BCUT2D eigenvalue weighted by atomic mass is 9.88. The number of hydrogen-bond acceptors (Lipinski definition) is 3. The van der Waals surface area contributed by atoms with Crippen LogP contribution in [0.1, 0.15) is 49.0 Å². The molecule has 0 aliphatic heterocycles. The third kappa shape index (κ3) is 3.91. The summed E-state index contributed by atoms with van der Waals surface area (Å²) in [5.41, 5.74) is 1.47. The van der Waals surface area contributed by atoms with Gasteiger partial charge in [0.25, 0.3) is 5.91 Å². The average Bonchev–Trinajstić information content (AvgIpc) is 2.87. The molecule has 1 aromatic carbocycles. The molecule has 2 N–H and O–H groups in total. The van der Waals surface area contributed by atoms with Crippen LogP contribution < -0.4 is 5.32 Å². The summed E-state index contributed by atoms with van der Waals surface area (Å²) in [6.45, 7) is 0.658. The molecular formula is C20H28N4OS. The summed E-state index contributed by atoms with van der Waals surface area (Å²) < 4.78 is 2.32. The summed E-state index contributed by atoms with van der Waals surface area (Å²) in [6, 6.07) is 9.74. The Hall–Kier alpha value is -1.92. The van der Waals surface area contributed by atoms with Crippen molar-refractivity contribution in [1.29, 1.82) is 0 Å². The van der Waals surface area contributed by atoms with Crippen molar-refractivity contribution in [3.63, 3.8) is 0 Å². The predicted molar refractivity (Wildman–Crippen MR) is 107 cm³/mol. The lowest BCUT2D eigenvalue weighted by molar-refractivity contribution is 0.0863. The molecule has 1 saturated carbocycles. The van der Waals surface area contributed by atoms with Crippen molar-refractivity contribution < 1.29 is 4.79 Å². The van der Waals surface area contributed by atoms with Crippen molar-refractivity contribution in [3.8, 4) is 5.69 Å². The summed E-state index contributed by atoms with van der Waals surface area (Å²) in [6.07, 6.45) is 8.96. The van der Waals surface area contributed by atoms with Crippen LogP contribution in [-0.2, 0) is 0 Å². The zero-order valence-electron chi connectivity index (χ0n) is 15.6. The molecule has 140 valence electrons. The number of aromatic nitrogens is 2. The molecule has 0 bridgehead atoms. The Morgan fingerprint density at radius 1 is 1.19 bits per heavy atom. The maximum absolute atomic E-state index is 12.9. The fraction of sp³-hybridized carbons (Fsp3) is 0.500. The Balaban J connectivity index is 1.79. The first-order valence-electron chi connectivity index (χ1n) is 9.35. The van der Waals surface area contributed by atoms with E-state index in [1.165, 1.54) is 25.7 Å². The Bertz CT molecular complexity index is 786. The summed E-state index contributed by atoms with van der Waals surface area (Å²) in [7, 11) is 4.25. The first-order valence-corrected chi connectivity index (χ1v) is 9.76. The van der Waals surface area contributed by atoms with E-state index in [1.807, 2.05) is 30.3 Å². The molecule has 1 heterocycles. The van der Waals surface area contributed by atoms with Crippen molar-refractivity contribution in [2.24, 2.45) is 0 Å². The van der Waals surface area contributed by atoms with Crippen LogP contribution in [0.15, 0.2) is 36.5 Å². The second-order valence-electron chi connectivity index (χ2n) is 7.37. The van der Waals surface area contributed by atoms with Gasteiger partial charge < -0.3 is 15.2 Å². The standard InChI is InChI=1S/C20H28N4OS/c1-23(2)20(12-8-3-4-9-13-20)15-22-18(25)17-14-21-19(26)24(17)16-10-6-5-7-11-16/h5-7,10-11,14H,3-4,8-9,12-13,15H2,1-2H3,(H,21,26)(H,22,25). The van der Waals surface area contributed by atoms with E-state index in [9.17, 15) is 4.79 Å². The smallest absolute Gasteiger partial charge is 0.269 e. The monoisotopic (exact) mass is 372 g/mol. The zero-order chi connectivity index (χ0) is 18.6. The van der Waals surface area contributed by atoms with Crippen molar-refractivity contribution in [2.45, 2.75) is 44.1 Å². The van der Waals surface area contributed by atoms with E-state index in [0.717, 1.165) is 18.5 Å². The molecule has 0 atom stereocenters. The highest BCUT2D eigenvalue weighted by atomic mass is 32.1. The van der Waals surface area contributed by atoms with Gasteiger partial charge in [-0.1, -0.05) is 43.9 Å². The highest BCUT2D eigenvalue weighted by Gasteiger charge is 2.33. The number of nitrogens with one attached hydrogen (secondary N) is 2. The number of carbonyl (C=O) groups is 1. The van der Waals surface area contributed by atoms with Crippen molar-refractivity contribution in [3.05, 3.63) is 47.0 Å². The van der Waals surface area contributed by atoms with E-state index in [-0.39, 0.29) is 11.4 Å². The Morgan fingerprint density at radius 2 is 1.85 bits per heavy atom. The van der Waals surface area contributed by atoms with Gasteiger partial charge in [-0.2, -0.15) is 0 Å². The quantitative estimate of drug-likeness (QED) is 0.618. The lowest BCUT2D eigenvalue weighted by Crippen LogP contribution is -2.52. The lowest BCUT2D eigenvalue weighted by Gasteiger charge is -2.39. The van der Waals surface area contributed by atoms with E-state index in [2.05, 4.69) is 29.3 Å². The maximum Gasteiger partial charge on any atom is 0.269 e. The van der Waals surface area contributed by atoms with Crippen molar-refractivity contribution in [2.75, 3.05) is 20.6 Å². The molecule has 1 fully saturated rings. The van der Waals surface area contributed by atoms with E-state index >= 15 is 0 Å². The molecule has 2 aromatic rings. The maximum atomic E-state index is 12.9. The molecule has 0 unspecified atom stereocenters. The average molecular weight is 373 g/mol. The number of H-pyrrole nitrogens is 1. The normalized spacial score (nSPS) is 17.0. The summed E-state index contributed by atoms with van der Waals surface area (Å²) >= 11 is 5.38. The molecule has 1 amide bonds. The Kier molecular flexibility index (Phi) is 5.94. The van der Waals surface area contributed by atoms with Gasteiger partial charge in [0.15, 0.2) is 4.77 Å². The number of nitrogens with zero attached hydrogens (tertiary/aromatic N) is 2. The minimum atomic E-state index is -0.0910. The van der Waals surface area contributed by atoms with Crippen LogP contribution in [0, 0.1) is 4.77 Å². The summed E-state index contributed by atoms with van der Waals surface area (Å²) in [4.78, 5) is 18.2. The molecule has 0 radical (unpaired) electrons. The van der Waals surface area contributed by atoms with Crippen LogP contribution >= 0.6 is 12.2 Å². The third-order valence-corrected chi connectivity index (χ3v) is 5.88. The van der Waals surface area contributed by atoms with Crippen LogP contribution in [-0.4, -0.2) is 46.5 Å². The molecule has 3 rings (SSSR count). The molecule has 6 heteroatoms. The predicted octanol–water partition coefficient (Wildman–Crippen LogP) is 3.92. The fourth-order valence-corrected chi connectivity index (χ4v) is 4.14. The largest absolute Gasteiger partial charge is 0.349 e. The minimum Gasteiger partial charge on any atom is -0.349 e. The molecule has 1 aromatic heterocycles. The SMILES string of the molecule is CN(C)C1(CNC(=O)c2c[nH]c(=S)n2-c2ccccc2)CCCCCC1. The number of likely N-dealkylation sites (N-methyl/N-ethyl adjacent to an activating group) is 1. The molecular weight excluding hydrogens is 344 g/mol. The van der Waals surface area contributed by atoms with Gasteiger partial charge in [0.1, 0.15) is 5.69 Å². The number of benzene rings is 1. The molecule has 0 saturated heterocycles. The molecule has 0 spiro atoms. The Labute approximate surface area is 160 Å². The van der Waals surface area contributed by atoms with Crippen LogP contribution in [0.2, 0.25) is 0 Å². The minimum absolute atomic E-state index is 0.0385. The number of aromatic amines is 1. The highest BCUT2D eigenvalue weighted by Crippen LogP contribution is 2.30. The van der Waals surface area contributed by atoms with E-state index in [0.29, 0.717) is 17.0 Å². The number of imidazole rings is 1. The van der Waals surface area contributed by atoms with E-state index in [1.54, 1.807) is 10.8 Å². The van der Waals surface area contributed by atoms with Crippen LogP contribution in [0.3, 0.4) is 0 Å². The van der Waals surface area contributed by atoms with Gasteiger partial charge in [0.2, 0.25) is 0 Å². The highest BCUT2D eigenvalue weighted by molar-refractivity contribution is 7.71. The fourth-order valence-electron chi connectivity index (χ4n) is 3.87. The van der Waals surface area contributed by atoms with Crippen LogP contribution in [0.4, 0.5) is 0 Å². The van der Waals surface area contributed by atoms with Gasteiger partial charge in [-0.25, -0.2) is 0 Å². The van der Waals surface area contributed by atoms with Crippen molar-refractivity contribution >= 4 is 18.1 Å². The van der Waals surface area contributed by atoms with Gasteiger partial charge in [0.05, 0.1) is 0 Å².